The standard InChI is InChI=1S/C18H25N5O5/c1-12-11-13(6-7-14(12)23(27)28)17(25)22-10-4-5-15(22)16(24)19-8-9-20-18(26)21(2)3/h6-7,11,15H,4-5,8-10H2,1-3H3,(H,19,24)(H,20,26)/t15-/m1/s1. The molecule has 1 heterocycles. The van der Waals surface area contributed by atoms with Gasteiger partial charge in [0.15, 0.2) is 0 Å². The van der Waals surface area contributed by atoms with Crippen molar-refractivity contribution in [2.75, 3.05) is 33.7 Å². The van der Waals surface area contributed by atoms with Crippen LogP contribution < -0.4 is 10.6 Å². The Morgan fingerprint density at radius 3 is 2.54 bits per heavy atom. The quantitative estimate of drug-likeness (QED) is 0.423. The molecular formula is C18H25N5O5. The van der Waals surface area contributed by atoms with Gasteiger partial charge in [-0.2, -0.15) is 0 Å². The van der Waals surface area contributed by atoms with Crippen LogP contribution in [0.15, 0.2) is 18.2 Å². The molecule has 1 aromatic rings. The number of hydrogen-bond acceptors (Lipinski definition) is 5. The van der Waals surface area contributed by atoms with Gasteiger partial charge < -0.3 is 20.4 Å². The zero-order valence-electron chi connectivity index (χ0n) is 16.2. The Hall–Kier alpha value is -3.17. The zero-order chi connectivity index (χ0) is 20.8. The summed E-state index contributed by atoms with van der Waals surface area (Å²) in [5, 5.41) is 16.3. The Labute approximate surface area is 163 Å². The Balaban J connectivity index is 1.97. The van der Waals surface area contributed by atoms with Crippen molar-refractivity contribution < 1.29 is 19.3 Å². The minimum atomic E-state index is -0.590. The topological polar surface area (TPSA) is 125 Å². The molecule has 10 nitrogen and oxygen atoms in total. The molecule has 1 aliphatic heterocycles. The monoisotopic (exact) mass is 391 g/mol. The van der Waals surface area contributed by atoms with Gasteiger partial charge in [0.05, 0.1) is 4.92 Å². The molecule has 1 aromatic carbocycles. The summed E-state index contributed by atoms with van der Waals surface area (Å²) >= 11 is 0. The average molecular weight is 391 g/mol. The van der Waals surface area contributed by atoms with Crippen LogP contribution in [0.3, 0.4) is 0 Å². The van der Waals surface area contributed by atoms with Crippen molar-refractivity contribution in [1.82, 2.24) is 20.4 Å². The fourth-order valence-electron chi connectivity index (χ4n) is 3.07. The molecule has 152 valence electrons. The summed E-state index contributed by atoms with van der Waals surface area (Å²) in [6, 6.07) is 3.36. The summed E-state index contributed by atoms with van der Waals surface area (Å²) in [7, 11) is 3.24. The lowest BCUT2D eigenvalue weighted by Gasteiger charge is -2.24. The van der Waals surface area contributed by atoms with E-state index < -0.39 is 11.0 Å². The van der Waals surface area contributed by atoms with Crippen molar-refractivity contribution in [1.29, 1.82) is 0 Å². The van der Waals surface area contributed by atoms with Crippen LogP contribution in [0.5, 0.6) is 0 Å². The van der Waals surface area contributed by atoms with Crippen LogP contribution in [-0.4, -0.2) is 72.3 Å². The first-order chi connectivity index (χ1) is 13.2. The summed E-state index contributed by atoms with van der Waals surface area (Å²) in [4.78, 5) is 50.0. The lowest BCUT2D eigenvalue weighted by molar-refractivity contribution is -0.385. The fraction of sp³-hybridized carbons (Fsp3) is 0.500. The molecule has 0 unspecified atom stereocenters. The second-order valence-corrected chi connectivity index (χ2v) is 6.83. The van der Waals surface area contributed by atoms with Gasteiger partial charge in [-0.25, -0.2) is 4.79 Å². The van der Waals surface area contributed by atoms with Crippen LogP contribution in [0.2, 0.25) is 0 Å². The number of aryl methyl sites for hydroxylation is 1. The van der Waals surface area contributed by atoms with E-state index >= 15 is 0 Å². The number of carbonyl (C=O) groups is 3. The number of benzene rings is 1. The molecule has 28 heavy (non-hydrogen) atoms. The van der Waals surface area contributed by atoms with E-state index in [9.17, 15) is 24.5 Å². The van der Waals surface area contributed by atoms with E-state index in [1.807, 2.05) is 0 Å². The zero-order valence-corrected chi connectivity index (χ0v) is 16.2. The van der Waals surface area contributed by atoms with Gasteiger partial charge in [0.1, 0.15) is 6.04 Å². The van der Waals surface area contributed by atoms with Crippen molar-refractivity contribution in [3.8, 4) is 0 Å². The summed E-state index contributed by atoms with van der Waals surface area (Å²) in [6.07, 6.45) is 1.25. The lowest BCUT2D eigenvalue weighted by Crippen LogP contribution is -2.48. The van der Waals surface area contributed by atoms with E-state index in [-0.39, 0.29) is 36.6 Å². The van der Waals surface area contributed by atoms with Gasteiger partial charge in [0.2, 0.25) is 5.91 Å². The van der Waals surface area contributed by atoms with E-state index in [4.69, 9.17) is 0 Å². The molecular weight excluding hydrogens is 366 g/mol. The normalized spacial score (nSPS) is 15.8. The number of nitro benzene ring substituents is 1. The molecule has 2 N–H and O–H groups in total. The minimum absolute atomic E-state index is 0.0490. The lowest BCUT2D eigenvalue weighted by atomic mass is 10.1. The van der Waals surface area contributed by atoms with E-state index in [1.54, 1.807) is 21.0 Å². The number of likely N-dealkylation sites (tertiary alicyclic amines) is 1. The Morgan fingerprint density at radius 1 is 1.25 bits per heavy atom. The van der Waals surface area contributed by atoms with Crippen molar-refractivity contribution in [3.63, 3.8) is 0 Å². The highest BCUT2D eigenvalue weighted by Gasteiger charge is 2.34. The summed E-state index contributed by atoms with van der Waals surface area (Å²) in [5.41, 5.74) is 0.667. The van der Waals surface area contributed by atoms with Crippen LogP contribution in [-0.2, 0) is 4.79 Å². The highest BCUT2D eigenvalue weighted by atomic mass is 16.6. The van der Waals surface area contributed by atoms with Crippen molar-refractivity contribution in [2.24, 2.45) is 0 Å². The van der Waals surface area contributed by atoms with Crippen molar-refractivity contribution in [2.45, 2.75) is 25.8 Å². The second kappa shape index (κ2) is 9.16. The fourth-order valence-corrected chi connectivity index (χ4v) is 3.07. The molecule has 1 atom stereocenters. The van der Waals surface area contributed by atoms with Gasteiger partial charge in [-0.05, 0) is 31.9 Å². The number of nitrogens with one attached hydrogen (secondary N) is 2. The molecule has 1 saturated heterocycles. The highest BCUT2D eigenvalue weighted by molar-refractivity contribution is 5.98. The van der Waals surface area contributed by atoms with Crippen LogP contribution in [0.25, 0.3) is 0 Å². The molecule has 0 bridgehead atoms. The molecule has 1 fully saturated rings. The van der Waals surface area contributed by atoms with Crippen LogP contribution in [0.4, 0.5) is 10.5 Å². The smallest absolute Gasteiger partial charge is 0.316 e. The molecule has 0 spiro atoms. The minimum Gasteiger partial charge on any atom is -0.353 e. The summed E-state index contributed by atoms with van der Waals surface area (Å²) in [6.45, 7) is 2.56. The van der Waals surface area contributed by atoms with E-state index in [0.29, 0.717) is 30.5 Å². The molecule has 4 amide bonds. The number of nitro groups is 1. The van der Waals surface area contributed by atoms with Crippen molar-refractivity contribution in [3.05, 3.63) is 39.4 Å². The third-order valence-electron chi connectivity index (χ3n) is 4.56. The first-order valence-corrected chi connectivity index (χ1v) is 9.01. The van der Waals surface area contributed by atoms with Gasteiger partial charge in [-0.1, -0.05) is 0 Å². The number of nitrogens with zero attached hydrogens (tertiary/aromatic N) is 3. The number of rotatable bonds is 6. The first kappa shape index (κ1) is 21.1. The van der Waals surface area contributed by atoms with Gasteiger partial charge in [0.25, 0.3) is 11.6 Å². The summed E-state index contributed by atoms with van der Waals surface area (Å²) < 4.78 is 0. The van der Waals surface area contributed by atoms with Gasteiger partial charge in [-0.15, -0.1) is 0 Å². The van der Waals surface area contributed by atoms with Crippen LogP contribution in [0.1, 0.15) is 28.8 Å². The van der Waals surface area contributed by atoms with Gasteiger partial charge in [0, 0.05) is 50.9 Å². The molecule has 0 radical (unpaired) electrons. The maximum atomic E-state index is 12.8. The van der Waals surface area contributed by atoms with E-state index in [1.165, 1.54) is 28.0 Å². The van der Waals surface area contributed by atoms with Gasteiger partial charge >= 0.3 is 6.03 Å². The SMILES string of the molecule is Cc1cc(C(=O)N2CCC[C@@H]2C(=O)NCCNC(=O)N(C)C)ccc1[N+](=O)[O-]. The molecule has 1 aliphatic rings. The van der Waals surface area contributed by atoms with Crippen LogP contribution >= 0.6 is 0 Å². The maximum Gasteiger partial charge on any atom is 0.316 e. The summed E-state index contributed by atoms with van der Waals surface area (Å²) in [5.74, 6) is -0.597. The first-order valence-electron chi connectivity index (χ1n) is 9.01. The van der Waals surface area contributed by atoms with Crippen molar-refractivity contribution >= 4 is 23.5 Å². The number of amides is 4. The third-order valence-corrected chi connectivity index (χ3v) is 4.56. The molecule has 0 saturated carbocycles. The van der Waals surface area contributed by atoms with E-state index in [0.717, 1.165) is 0 Å². The van der Waals surface area contributed by atoms with Gasteiger partial charge in [-0.3, -0.25) is 19.7 Å². The number of urea groups is 1. The third kappa shape index (κ3) is 4.96. The molecule has 0 aromatic heterocycles. The number of hydrogen-bond donors (Lipinski definition) is 2. The Kier molecular flexibility index (Phi) is 6.91. The second-order valence-electron chi connectivity index (χ2n) is 6.83. The maximum absolute atomic E-state index is 12.8. The molecule has 2 rings (SSSR count). The molecule has 10 heteroatoms. The van der Waals surface area contributed by atoms with E-state index in [2.05, 4.69) is 10.6 Å². The number of carbonyl (C=O) groups excluding carboxylic acids is 3. The molecule has 0 aliphatic carbocycles. The average Bonchev–Trinajstić information content (AvgIpc) is 3.13. The van der Waals surface area contributed by atoms with Crippen LogP contribution in [0, 0.1) is 17.0 Å². The Morgan fingerprint density at radius 2 is 1.93 bits per heavy atom. The highest BCUT2D eigenvalue weighted by Crippen LogP contribution is 2.23. The largest absolute Gasteiger partial charge is 0.353 e. The predicted octanol–water partition coefficient (Wildman–Crippen LogP) is 0.895. The Bertz CT molecular complexity index is 780. The predicted molar refractivity (Wildman–Crippen MR) is 102 cm³/mol.